The van der Waals surface area contributed by atoms with E-state index in [1.807, 2.05) is 6.92 Å². The van der Waals surface area contributed by atoms with Crippen molar-refractivity contribution in [3.05, 3.63) is 82.7 Å². The summed E-state index contributed by atoms with van der Waals surface area (Å²) in [4.78, 5) is 44.9. The van der Waals surface area contributed by atoms with Gasteiger partial charge in [0.15, 0.2) is 5.82 Å². The molecule has 3 aromatic rings. The number of aryl methyl sites for hydroxylation is 2. The molecule has 8 nitrogen and oxygen atoms in total. The number of nitrogens with zero attached hydrogens (tertiary/aromatic N) is 5. The third-order valence-electron chi connectivity index (χ3n) is 5.67. The van der Waals surface area contributed by atoms with Crippen molar-refractivity contribution in [3.8, 4) is 0 Å². The highest BCUT2D eigenvalue weighted by molar-refractivity contribution is 5.95. The van der Waals surface area contributed by atoms with Gasteiger partial charge < -0.3 is 10.2 Å². The quantitative estimate of drug-likeness (QED) is 0.643. The number of carbonyl (C=O) groups is 2. The van der Waals surface area contributed by atoms with E-state index in [1.54, 1.807) is 30.2 Å². The Hall–Kier alpha value is -3.75. The second-order valence-corrected chi connectivity index (χ2v) is 8.09. The van der Waals surface area contributed by atoms with Gasteiger partial charge in [-0.15, -0.1) is 0 Å². The molecule has 170 valence electrons. The minimum Gasteiger partial charge on any atom is -0.348 e. The van der Waals surface area contributed by atoms with Crippen molar-refractivity contribution in [2.75, 3.05) is 6.54 Å². The van der Waals surface area contributed by atoms with Gasteiger partial charge in [0.25, 0.3) is 11.8 Å². The highest BCUT2D eigenvalue weighted by atomic mass is 19.1. The Labute approximate surface area is 191 Å². The van der Waals surface area contributed by atoms with Crippen LogP contribution in [0.3, 0.4) is 0 Å². The van der Waals surface area contributed by atoms with E-state index in [0.717, 1.165) is 30.5 Å². The molecule has 3 heterocycles. The van der Waals surface area contributed by atoms with Crippen LogP contribution in [0.15, 0.2) is 42.9 Å². The maximum Gasteiger partial charge on any atom is 0.274 e. The molecule has 2 amide bonds. The van der Waals surface area contributed by atoms with Crippen LogP contribution >= 0.6 is 0 Å². The lowest BCUT2D eigenvalue weighted by molar-refractivity contribution is 0.0592. The molecule has 0 bridgehead atoms. The van der Waals surface area contributed by atoms with Crippen molar-refractivity contribution in [2.45, 2.75) is 45.7 Å². The molecule has 1 N–H and O–H groups in total. The van der Waals surface area contributed by atoms with Gasteiger partial charge in [-0.1, -0.05) is 12.1 Å². The van der Waals surface area contributed by atoms with E-state index in [2.05, 4.69) is 25.3 Å². The fourth-order valence-corrected chi connectivity index (χ4v) is 3.84. The monoisotopic (exact) mass is 448 g/mol. The predicted octanol–water partition coefficient (Wildman–Crippen LogP) is 3.32. The van der Waals surface area contributed by atoms with Crippen LogP contribution in [0.2, 0.25) is 0 Å². The largest absolute Gasteiger partial charge is 0.348 e. The number of hydrogen-bond acceptors (Lipinski definition) is 6. The molecule has 33 heavy (non-hydrogen) atoms. The molecule has 2 aromatic heterocycles. The summed E-state index contributed by atoms with van der Waals surface area (Å²) in [7, 11) is 0. The van der Waals surface area contributed by atoms with Gasteiger partial charge in [-0.2, -0.15) is 0 Å². The minimum absolute atomic E-state index is 0.199. The summed E-state index contributed by atoms with van der Waals surface area (Å²) in [6.07, 6.45) is 7.15. The zero-order chi connectivity index (χ0) is 23.4. The summed E-state index contributed by atoms with van der Waals surface area (Å²) in [6.45, 7) is 4.42. The number of likely N-dealkylation sites (tertiary alicyclic amines) is 1. The Kier molecular flexibility index (Phi) is 6.67. The molecule has 0 radical (unpaired) electrons. The zero-order valence-corrected chi connectivity index (χ0v) is 18.6. The Balaban J connectivity index is 1.49. The van der Waals surface area contributed by atoms with Crippen LogP contribution in [0.5, 0.6) is 0 Å². The van der Waals surface area contributed by atoms with E-state index in [9.17, 15) is 14.0 Å². The third kappa shape index (κ3) is 5.19. The minimum atomic E-state index is -0.324. The van der Waals surface area contributed by atoms with E-state index in [-0.39, 0.29) is 30.2 Å². The van der Waals surface area contributed by atoms with Crippen molar-refractivity contribution in [1.29, 1.82) is 0 Å². The second-order valence-electron chi connectivity index (χ2n) is 8.09. The number of halogens is 1. The lowest BCUT2D eigenvalue weighted by Crippen LogP contribution is -2.40. The van der Waals surface area contributed by atoms with Gasteiger partial charge in [-0.25, -0.2) is 19.3 Å². The SMILES string of the molecule is Cc1cnc(C(=O)N2CCCC[C@H]2c2ncc(C(=O)NCc3ccc(F)cc3)c(C)n2)cn1. The average Bonchev–Trinajstić information content (AvgIpc) is 2.83. The summed E-state index contributed by atoms with van der Waals surface area (Å²) in [5.41, 5.74) is 2.72. The standard InChI is InChI=1S/C24H25FN6O2/c1-15-11-27-20(14-26-15)24(33)31-10-4-3-5-21(31)22-28-13-19(16(2)30-22)23(32)29-12-17-6-8-18(25)9-7-17/h6-9,11,13-14,21H,3-5,10,12H2,1-2H3,(H,29,32)/t21-/m0/s1. The number of amides is 2. The number of carbonyl (C=O) groups excluding carboxylic acids is 2. The van der Waals surface area contributed by atoms with Crippen LogP contribution < -0.4 is 5.32 Å². The van der Waals surface area contributed by atoms with Crippen LogP contribution in [0.4, 0.5) is 4.39 Å². The number of nitrogens with one attached hydrogen (secondary N) is 1. The Morgan fingerprint density at radius 3 is 2.55 bits per heavy atom. The van der Waals surface area contributed by atoms with Gasteiger partial charge in [0.05, 0.1) is 29.2 Å². The number of piperidine rings is 1. The molecule has 0 spiro atoms. The van der Waals surface area contributed by atoms with E-state index in [4.69, 9.17) is 0 Å². The maximum atomic E-state index is 13.1. The molecule has 4 rings (SSSR count). The van der Waals surface area contributed by atoms with E-state index >= 15 is 0 Å². The molecule has 9 heteroatoms. The Morgan fingerprint density at radius 2 is 1.85 bits per heavy atom. The second kappa shape index (κ2) is 9.81. The van der Waals surface area contributed by atoms with Crippen LogP contribution in [-0.2, 0) is 6.54 Å². The van der Waals surface area contributed by atoms with Gasteiger partial charge in [0, 0.05) is 25.5 Å². The van der Waals surface area contributed by atoms with Gasteiger partial charge in [-0.05, 0) is 50.8 Å². The van der Waals surface area contributed by atoms with Crippen molar-refractivity contribution >= 4 is 11.8 Å². The van der Waals surface area contributed by atoms with Crippen LogP contribution in [0.25, 0.3) is 0 Å². The number of benzene rings is 1. The molecule has 1 aliphatic heterocycles. The summed E-state index contributed by atoms with van der Waals surface area (Å²) < 4.78 is 13.0. The van der Waals surface area contributed by atoms with Crippen LogP contribution in [0.1, 0.15) is 68.9 Å². The highest BCUT2D eigenvalue weighted by Crippen LogP contribution is 2.30. The molecule has 1 saturated heterocycles. The fourth-order valence-electron chi connectivity index (χ4n) is 3.84. The lowest BCUT2D eigenvalue weighted by atomic mass is 10.0. The van der Waals surface area contributed by atoms with Crippen molar-refractivity contribution < 1.29 is 14.0 Å². The summed E-state index contributed by atoms with van der Waals surface area (Å²) in [6, 6.07) is 5.66. The van der Waals surface area contributed by atoms with Crippen molar-refractivity contribution in [2.24, 2.45) is 0 Å². The number of aromatic nitrogens is 4. The highest BCUT2D eigenvalue weighted by Gasteiger charge is 2.32. The molecular weight excluding hydrogens is 423 g/mol. The summed E-state index contributed by atoms with van der Waals surface area (Å²) >= 11 is 0. The van der Waals surface area contributed by atoms with E-state index in [0.29, 0.717) is 29.3 Å². The normalized spacial score (nSPS) is 15.8. The predicted molar refractivity (Wildman–Crippen MR) is 119 cm³/mol. The summed E-state index contributed by atoms with van der Waals surface area (Å²) in [5, 5.41) is 2.81. The molecular formula is C24H25FN6O2. The fraction of sp³-hybridized carbons (Fsp3) is 0.333. The van der Waals surface area contributed by atoms with E-state index < -0.39 is 0 Å². The van der Waals surface area contributed by atoms with Gasteiger partial charge in [0.1, 0.15) is 11.5 Å². The Morgan fingerprint density at radius 1 is 1.06 bits per heavy atom. The topological polar surface area (TPSA) is 101 Å². The van der Waals surface area contributed by atoms with Gasteiger partial charge in [-0.3, -0.25) is 14.6 Å². The smallest absolute Gasteiger partial charge is 0.274 e. The van der Waals surface area contributed by atoms with Gasteiger partial charge in [0.2, 0.25) is 0 Å². The van der Waals surface area contributed by atoms with Crippen molar-refractivity contribution in [1.82, 2.24) is 30.2 Å². The van der Waals surface area contributed by atoms with Gasteiger partial charge >= 0.3 is 0 Å². The summed E-state index contributed by atoms with van der Waals surface area (Å²) in [5.74, 6) is -0.324. The first kappa shape index (κ1) is 22.4. The first-order valence-corrected chi connectivity index (χ1v) is 10.9. The third-order valence-corrected chi connectivity index (χ3v) is 5.67. The molecule has 0 aliphatic carbocycles. The lowest BCUT2D eigenvalue weighted by Gasteiger charge is -2.34. The number of rotatable bonds is 5. The first-order chi connectivity index (χ1) is 15.9. The molecule has 1 atom stereocenters. The molecule has 1 aromatic carbocycles. The molecule has 1 fully saturated rings. The Bertz CT molecular complexity index is 1150. The first-order valence-electron chi connectivity index (χ1n) is 10.9. The molecule has 1 aliphatic rings. The molecule has 0 saturated carbocycles. The van der Waals surface area contributed by atoms with Crippen LogP contribution in [0, 0.1) is 19.7 Å². The zero-order valence-electron chi connectivity index (χ0n) is 18.6. The van der Waals surface area contributed by atoms with E-state index in [1.165, 1.54) is 24.5 Å². The number of hydrogen-bond donors (Lipinski definition) is 1. The average molecular weight is 449 g/mol. The molecule has 0 unspecified atom stereocenters. The van der Waals surface area contributed by atoms with Crippen LogP contribution in [-0.4, -0.2) is 43.2 Å². The van der Waals surface area contributed by atoms with Crippen molar-refractivity contribution in [3.63, 3.8) is 0 Å². The maximum absolute atomic E-state index is 13.1.